The van der Waals surface area contributed by atoms with Crippen LogP contribution in [0.2, 0.25) is 0 Å². The maximum Gasteiger partial charge on any atom is 0.278 e. The zero-order valence-electron chi connectivity index (χ0n) is 12.0. The average molecular weight is 313 g/mol. The topological polar surface area (TPSA) is 21.7 Å². The van der Waals surface area contributed by atoms with Crippen LogP contribution in [-0.2, 0) is 9.47 Å². The van der Waals surface area contributed by atoms with Gasteiger partial charge in [0.15, 0.2) is 0 Å². The van der Waals surface area contributed by atoms with Crippen LogP contribution in [0, 0.1) is 6.92 Å². The maximum absolute atomic E-state index is 12.3. The Labute approximate surface area is 121 Å². The smallest absolute Gasteiger partial charge is 0.278 e. The van der Waals surface area contributed by atoms with Crippen molar-refractivity contribution in [3.63, 3.8) is 0 Å². The fraction of sp³-hybridized carbons (Fsp3) is 0.538. The molecule has 0 aromatic heterocycles. The molecule has 0 N–H and O–H groups in total. The van der Waals surface area contributed by atoms with E-state index in [4.69, 9.17) is 0 Å². The van der Waals surface area contributed by atoms with E-state index in [1.54, 1.807) is 0 Å². The third-order valence-electron chi connectivity index (χ3n) is 2.32. The van der Waals surface area contributed by atoms with Crippen LogP contribution in [0.25, 0.3) is 0 Å². The van der Waals surface area contributed by atoms with E-state index in [0.29, 0.717) is 4.31 Å². The molecule has 0 heterocycles. The summed E-state index contributed by atoms with van der Waals surface area (Å²) < 4.78 is 46.4. The van der Waals surface area contributed by atoms with E-state index >= 15 is 0 Å². The Morgan fingerprint density at radius 1 is 0.950 bits per heavy atom. The van der Waals surface area contributed by atoms with E-state index in [0.717, 1.165) is 0 Å². The third kappa shape index (κ3) is 10.1. The van der Waals surface area contributed by atoms with Crippen molar-refractivity contribution in [2.75, 3.05) is 40.5 Å². The molecule has 0 unspecified atom stereocenters. The van der Waals surface area contributed by atoms with Crippen LogP contribution in [0.5, 0.6) is 0 Å². The van der Waals surface area contributed by atoms with Crippen LogP contribution in [0.4, 0.5) is 11.7 Å². The molecule has 0 amide bonds. The molecule has 0 saturated heterocycles. The van der Waals surface area contributed by atoms with E-state index in [1.165, 1.54) is 19.8 Å². The lowest BCUT2D eigenvalue weighted by Gasteiger charge is -2.26. The summed E-state index contributed by atoms with van der Waals surface area (Å²) in [6.07, 6.45) is 0. The van der Waals surface area contributed by atoms with Crippen LogP contribution in [-0.4, -0.2) is 44.8 Å². The van der Waals surface area contributed by atoms with Gasteiger partial charge in [0, 0.05) is 27.3 Å². The molecule has 0 radical (unpaired) electrons. The first kappa shape index (κ1) is 19.2. The molecule has 1 rings (SSSR count). The summed E-state index contributed by atoms with van der Waals surface area (Å²) in [5.41, 5.74) is 1.32. The molecule has 0 bridgehead atoms. The molecular weight excluding hydrogens is 291 g/mol. The first-order valence-electron chi connectivity index (χ1n) is 6.08. The van der Waals surface area contributed by atoms with Gasteiger partial charge in [0.2, 0.25) is 0 Å². The molecule has 3 nitrogen and oxygen atoms in total. The molecule has 7 heteroatoms. The van der Waals surface area contributed by atoms with Gasteiger partial charge in [-0.1, -0.05) is 35.9 Å². The molecule has 0 atom stereocenters. The van der Waals surface area contributed by atoms with Gasteiger partial charge in [0.25, 0.3) is 11.4 Å². The second-order valence-electron chi connectivity index (χ2n) is 3.95. The first-order valence-corrected chi connectivity index (χ1v) is 7.37. The van der Waals surface area contributed by atoms with E-state index in [9.17, 15) is 11.7 Å². The highest BCUT2D eigenvalue weighted by molar-refractivity contribution is 8.18. The number of nitrogens with zero attached hydrogens (tertiary/aromatic N) is 1. The summed E-state index contributed by atoms with van der Waals surface area (Å²) in [6, 6.07) is 10.3. The van der Waals surface area contributed by atoms with Gasteiger partial charge < -0.3 is 9.47 Å². The van der Waals surface area contributed by atoms with Crippen molar-refractivity contribution in [3.05, 3.63) is 35.9 Å². The fourth-order valence-electron chi connectivity index (χ4n) is 1.24. The van der Waals surface area contributed by atoms with Gasteiger partial charge in [0.1, 0.15) is 0 Å². The molecule has 0 saturated carbocycles. The number of hydrogen-bond acceptors (Lipinski definition) is 3. The highest BCUT2D eigenvalue weighted by Gasteiger charge is 2.30. The van der Waals surface area contributed by atoms with Crippen molar-refractivity contribution in [2.24, 2.45) is 0 Å². The van der Waals surface area contributed by atoms with Gasteiger partial charge in [-0.05, 0) is 6.92 Å². The summed E-state index contributed by atoms with van der Waals surface area (Å²) in [5, 5.41) is 0. The molecular formula is C13H22F3NO2S. The van der Waals surface area contributed by atoms with Crippen molar-refractivity contribution in [1.29, 1.82) is 0 Å². The fourth-order valence-corrected chi connectivity index (χ4v) is 1.80. The normalized spacial score (nSPS) is 11.9. The Balaban J connectivity index is 0.000000428. The first-order chi connectivity index (χ1) is 9.41. The molecule has 0 aliphatic carbocycles. The van der Waals surface area contributed by atoms with E-state index in [-0.39, 0.29) is 26.3 Å². The number of ether oxygens (including phenoxy) is 2. The van der Waals surface area contributed by atoms with Crippen molar-refractivity contribution >= 4 is 11.4 Å². The Morgan fingerprint density at radius 3 is 1.65 bits per heavy atom. The number of halogens is 3. The van der Waals surface area contributed by atoms with Gasteiger partial charge in [-0.25, -0.2) is 0 Å². The Bertz CT molecular complexity index is 328. The van der Waals surface area contributed by atoms with Crippen LogP contribution < -0.4 is 0 Å². The standard InChI is InChI=1S/C7H8.C6H14F3NO2S/c1-7-5-3-2-4-6-7;1-11-5-3-10(4-6-12-2)13(7,8)9/h2-6H,1H3;3-6H2,1-2H3. The van der Waals surface area contributed by atoms with Crippen LogP contribution in [0.3, 0.4) is 0 Å². The minimum Gasteiger partial charge on any atom is -0.383 e. The molecule has 1 aromatic rings. The lowest BCUT2D eigenvalue weighted by atomic mass is 10.2. The Kier molecular flexibility index (Phi) is 10.5. The molecule has 1 aromatic carbocycles. The zero-order chi connectivity index (χ0) is 15.4. The predicted molar refractivity (Wildman–Crippen MR) is 77.4 cm³/mol. The average Bonchev–Trinajstić information content (AvgIpc) is 2.39. The van der Waals surface area contributed by atoms with Gasteiger partial charge in [-0.15, -0.1) is 11.7 Å². The minimum atomic E-state index is -5.14. The highest BCUT2D eigenvalue weighted by Crippen LogP contribution is 2.56. The molecule has 118 valence electrons. The second kappa shape index (κ2) is 11.0. The van der Waals surface area contributed by atoms with E-state index in [1.807, 2.05) is 18.2 Å². The number of rotatable bonds is 7. The second-order valence-corrected chi connectivity index (χ2v) is 5.23. The van der Waals surface area contributed by atoms with Gasteiger partial charge in [-0.2, -0.15) is 4.31 Å². The van der Waals surface area contributed by atoms with Gasteiger partial charge in [0.05, 0.1) is 13.2 Å². The Hall–Kier alpha value is -0.760. The van der Waals surface area contributed by atoms with Gasteiger partial charge >= 0.3 is 0 Å². The summed E-state index contributed by atoms with van der Waals surface area (Å²) in [6.45, 7) is 1.99. The zero-order valence-corrected chi connectivity index (χ0v) is 12.8. The number of benzene rings is 1. The van der Waals surface area contributed by atoms with Crippen LogP contribution in [0.15, 0.2) is 30.3 Å². The van der Waals surface area contributed by atoms with Gasteiger partial charge in [-0.3, -0.25) is 0 Å². The molecule has 0 aliphatic rings. The van der Waals surface area contributed by atoms with E-state index < -0.39 is 11.4 Å². The number of hydrogen-bond donors (Lipinski definition) is 0. The van der Waals surface area contributed by atoms with Crippen molar-refractivity contribution < 1.29 is 21.1 Å². The predicted octanol–water partition coefficient (Wildman–Crippen LogP) is 3.95. The highest BCUT2D eigenvalue weighted by atomic mass is 32.3. The quantitative estimate of drug-likeness (QED) is 0.761. The largest absolute Gasteiger partial charge is 0.383 e. The SMILES string of the molecule is COCCN(CCOC)S(F)(F)F.Cc1ccccc1. The molecule has 0 spiro atoms. The summed E-state index contributed by atoms with van der Waals surface area (Å²) in [4.78, 5) is 0. The maximum atomic E-state index is 12.3. The van der Waals surface area contributed by atoms with Crippen molar-refractivity contribution in [1.82, 2.24) is 4.31 Å². The summed E-state index contributed by atoms with van der Waals surface area (Å²) in [5.74, 6) is 0. The lowest BCUT2D eigenvalue weighted by Crippen LogP contribution is -2.28. The molecule has 0 aliphatic heterocycles. The summed E-state index contributed by atoms with van der Waals surface area (Å²) >= 11 is -5.14. The van der Waals surface area contributed by atoms with Crippen molar-refractivity contribution in [3.8, 4) is 0 Å². The van der Waals surface area contributed by atoms with Crippen LogP contribution >= 0.6 is 11.4 Å². The molecule has 20 heavy (non-hydrogen) atoms. The molecule has 0 fully saturated rings. The third-order valence-corrected chi connectivity index (χ3v) is 3.27. The van der Waals surface area contributed by atoms with Crippen LogP contribution in [0.1, 0.15) is 5.56 Å². The number of methoxy groups -OCH3 is 2. The monoisotopic (exact) mass is 313 g/mol. The lowest BCUT2D eigenvalue weighted by molar-refractivity contribution is 0.147. The van der Waals surface area contributed by atoms with E-state index in [2.05, 4.69) is 28.5 Å². The van der Waals surface area contributed by atoms with Crippen molar-refractivity contribution in [2.45, 2.75) is 6.92 Å². The number of aryl methyl sites for hydroxylation is 1. The summed E-state index contributed by atoms with van der Waals surface area (Å²) in [7, 11) is 2.75. The minimum absolute atomic E-state index is 0.0796. The Morgan fingerprint density at radius 2 is 1.40 bits per heavy atom.